The van der Waals surface area contributed by atoms with Gasteiger partial charge in [-0.2, -0.15) is 0 Å². The lowest BCUT2D eigenvalue weighted by molar-refractivity contribution is 0.379. The summed E-state index contributed by atoms with van der Waals surface area (Å²) in [5.41, 5.74) is 3.35. The summed E-state index contributed by atoms with van der Waals surface area (Å²) in [6.45, 7) is 6.19. The molecule has 0 bridgehead atoms. The fourth-order valence-electron chi connectivity index (χ4n) is 3.40. The Hall–Kier alpha value is -3.66. The number of hydrogen-bond acceptors (Lipinski definition) is 9. The van der Waals surface area contributed by atoms with Gasteiger partial charge in [-0.05, 0) is 18.9 Å². The van der Waals surface area contributed by atoms with E-state index >= 15 is 0 Å². The highest BCUT2D eigenvalue weighted by Crippen LogP contribution is 2.37. The number of aryl methyl sites for hydroxylation is 1. The van der Waals surface area contributed by atoms with Crippen molar-refractivity contribution >= 4 is 17.9 Å². The molecular formula is C24H27N7O2S. The number of nitrogens with zero attached hydrogens (tertiary/aromatic N) is 6. The maximum atomic E-state index is 5.64. The van der Waals surface area contributed by atoms with Gasteiger partial charge in [0, 0.05) is 41.4 Å². The first kappa shape index (κ1) is 23.5. The molecular weight excluding hydrogens is 450 g/mol. The molecule has 0 aliphatic heterocycles. The lowest BCUT2D eigenvalue weighted by Gasteiger charge is -2.20. The van der Waals surface area contributed by atoms with Gasteiger partial charge in [-0.15, -0.1) is 10.2 Å². The molecule has 0 saturated carbocycles. The Morgan fingerprint density at radius 3 is 2.41 bits per heavy atom. The number of ether oxygens (including phenoxy) is 2. The summed E-state index contributed by atoms with van der Waals surface area (Å²) in [6.07, 6.45) is 5.26. The predicted octanol–water partition coefficient (Wildman–Crippen LogP) is 4.70. The van der Waals surface area contributed by atoms with Gasteiger partial charge in [0.25, 0.3) is 0 Å². The van der Waals surface area contributed by atoms with Gasteiger partial charge in [0.05, 0.1) is 25.6 Å². The Kier molecular flexibility index (Phi) is 7.27. The van der Waals surface area contributed by atoms with Crippen molar-refractivity contribution in [1.82, 2.24) is 29.7 Å². The number of benzene rings is 1. The molecule has 0 spiro atoms. The van der Waals surface area contributed by atoms with Crippen molar-refractivity contribution < 1.29 is 9.47 Å². The van der Waals surface area contributed by atoms with E-state index in [1.165, 1.54) is 11.9 Å². The first-order chi connectivity index (χ1) is 16.5. The van der Waals surface area contributed by atoms with Crippen molar-refractivity contribution in [3.05, 3.63) is 66.4 Å². The number of rotatable bonds is 9. The van der Waals surface area contributed by atoms with Gasteiger partial charge in [-0.25, -0.2) is 4.98 Å². The standard InChI is InChI=1S/C24H27N7O2S/c1-15-13-27-19(14-26-15)16(2)17(3)34-30-24-29-28-22(18-9-7-6-8-10-18)31(24)21-20(32-4)11-12-25-23(21)33-5/h6-14,16-17H,1-5H3,(H,29,30)/t16-,17?/m0/s1. The fourth-order valence-corrected chi connectivity index (χ4v) is 4.17. The third-order valence-corrected chi connectivity index (χ3v) is 6.57. The summed E-state index contributed by atoms with van der Waals surface area (Å²) in [4.78, 5) is 13.3. The van der Waals surface area contributed by atoms with Gasteiger partial charge >= 0.3 is 0 Å². The van der Waals surface area contributed by atoms with Crippen LogP contribution < -0.4 is 14.2 Å². The Morgan fingerprint density at radius 1 is 0.941 bits per heavy atom. The molecule has 9 nitrogen and oxygen atoms in total. The quantitative estimate of drug-likeness (QED) is 0.344. The second kappa shape index (κ2) is 10.5. The van der Waals surface area contributed by atoms with E-state index in [9.17, 15) is 0 Å². The van der Waals surface area contributed by atoms with Crippen LogP contribution in [0, 0.1) is 6.92 Å². The van der Waals surface area contributed by atoms with Crippen LogP contribution in [0.1, 0.15) is 31.2 Å². The van der Waals surface area contributed by atoms with Crippen LogP contribution in [0.5, 0.6) is 11.6 Å². The van der Waals surface area contributed by atoms with Crippen LogP contribution in [0.3, 0.4) is 0 Å². The second-order valence-corrected chi connectivity index (χ2v) is 8.90. The molecule has 0 amide bonds. The van der Waals surface area contributed by atoms with Gasteiger partial charge in [0.1, 0.15) is 5.75 Å². The summed E-state index contributed by atoms with van der Waals surface area (Å²) in [5.74, 6) is 2.33. The molecule has 1 N–H and O–H groups in total. The maximum Gasteiger partial charge on any atom is 0.242 e. The average molecular weight is 478 g/mol. The molecule has 0 saturated heterocycles. The molecule has 10 heteroatoms. The predicted molar refractivity (Wildman–Crippen MR) is 134 cm³/mol. The van der Waals surface area contributed by atoms with E-state index < -0.39 is 0 Å². The van der Waals surface area contributed by atoms with Crippen molar-refractivity contribution in [3.63, 3.8) is 0 Å². The van der Waals surface area contributed by atoms with Crippen LogP contribution in [0.4, 0.5) is 5.95 Å². The number of pyridine rings is 1. The minimum atomic E-state index is 0.165. The van der Waals surface area contributed by atoms with Crippen molar-refractivity contribution in [1.29, 1.82) is 0 Å². The van der Waals surface area contributed by atoms with E-state index in [-0.39, 0.29) is 11.2 Å². The normalized spacial score (nSPS) is 12.7. The third-order valence-electron chi connectivity index (χ3n) is 5.49. The molecule has 2 atom stereocenters. The van der Waals surface area contributed by atoms with Gasteiger partial charge in [-0.3, -0.25) is 19.3 Å². The molecule has 3 aromatic heterocycles. The Bertz CT molecular complexity index is 1210. The Morgan fingerprint density at radius 2 is 1.74 bits per heavy atom. The van der Waals surface area contributed by atoms with Crippen LogP contribution in [-0.2, 0) is 0 Å². The number of nitrogens with one attached hydrogen (secondary N) is 1. The lowest BCUT2D eigenvalue weighted by atomic mass is 10.1. The summed E-state index contributed by atoms with van der Waals surface area (Å²) < 4.78 is 16.5. The largest absolute Gasteiger partial charge is 0.494 e. The lowest BCUT2D eigenvalue weighted by Crippen LogP contribution is -2.14. The summed E-state index contributed by atoms with van der Waals surface area (Å²) >= 11 is 1.54. The Balaban J connectivity index is 1.70. The summed E-state index contributed by atoms with van der Waals surface area (Å²) in [7, 11) is 3.19. The highest BCUT2D eigenvalue weighted by atomic mass is 32.2. The van der Waals surface area contributed by atoms with E-state index in [0.29, 0.717) is 29.1 Å². The van der Waals surface area contributed by atoms with E-state index in [4.69, 9.17) is 9.47 Å². The highest BCUT2D eigenvalue weighted by Gasteiger charge is 2.24. The third kappa shape index (κ3) is 4.81. The van der Waals surface area contributed by atoms with E-state index in [2.05, 4.69) is 43.7 Å². The van der Waals surface area contributed by atoms with Crippen LogP contribution in [0.25, 0.3) is 17.1 Å². The molecule has 176 valence electrons. The zero-order valence-electron chi connectivity index (χ0n) is 19.8. The first-order valence-electron chi connectivity index (χ1n) is 10.8. The van der Waals surface area contributed by atoms with Crippen LogP contribution >= 0.6 is 11.9 Å². The smallest absolute Gasteiger partial charge is 0.242 e. The highest BCUT2D eigenvalue weighted by molar-refractivity contribution is 8.01. The van der Waals surface area contributed by atoms with Gasteiger partial charge in [-0.1, -0.05) is 44.2 Å². The van der Waals surface area contributed by atoms with Gasteiger partial charge < -0.3 is 9.47 Å². The average Bonchev–Trinajstić information content (AvgIpc) is 3.30. The molecule has 4 rings (SSSR count). The van der Waals surface area contributed by atoms with E-state index in [1.54, 1.807) is 32.7 Å². The number of hydrogen-bond donors (Lipinski definition) is 1. The molecule has 4 aromatic rings. The molecule has 3 heterocycles. The van der Waals surface area contributed by atoms with Crippen molar-refractivity contribution in [2.24, 2.45) is 0 Å². The van der Waals surface area contributed by atoms with E-state index in [0.717, 1.165) is 17.0 Å². The molecule has 0 fully saturated rings. The summed E-state index contributed by atoms with van der Waals surface area (Å²) in [6, 6.07) is 11.6. The fraction of sp³-hybridized carbons (Fsp3) is 0.292. The SMILES string of the molecule is COc1ccnc(OC)c1-n1c(NSC(C)[C@H](C)c2cnc(C)cn2)nnc1-c1ccccc1. The van der Waals surface area contributed by atoms with Crippen LogP contribution in [0.15, 0.2) is 55.0 Å². The van der Waals surface area contributed by atoms with Crippen molar-refractivity contribution in [2.75, 3.05) is 18.9 Å². The Labute approximate surface area is 203 Å². The van der Waals surface area contributed by atoms with Crippen molar-refractivity contribution in [2.45, 2.75) is 31.9 Å². The number of aromatic nitrogens is 6. The number of anilines is 1. The first-order valence-corrected chi connectivity index (χ1v) is 11.7. The van der Waals surface area contributed by atoms with Crippen LogP contribution in [0.2, 0.25) is 0 Å². The number of methoxy groups -OCH3 is 2. The zero-order chi connectivity index (χ0) is 24.1. The summed E-state index contributed by atoms with van der Waals surface area (Å²) in [5, 5.41) is 9.10. The molecule has 34 heavy (non-hydrogen) atoms. The topological polar surface area (TPSA) is 99.9 Å². The molecule has 1 aromatic carbocycles. The second-order valence-electron chi connectivity index (χ2n) is 7.72. The molecule has 0 aliphatic rings. The minimum absolute atomic E-state index is 0.165. The van der Waals surface area contributed by atoms with Crippen LogP contribution in [-0.4, -0.2) is 49.2 Å². The molecule has 0 radical (unpaired) electrons. The maximum absolute atomic E-state index is 5.64. The van der Waals surface area contributed by atoms with Gasteiger partial charge in [0.15, 0.2) is 11.5 Å². The van der Waals surface area contributed by atoms with E-state index in [1.807, 2.05) is 48.0 Å². The minimum Gasteiger partial charge on any atom is -0.494 e. The molecule has 0 aliphatic carbocycles. The molecule has 1 unspecified atom stereocenters. The monoisotopic (exact) mass is 477 g/mol. The van der Waals surface area contributed by atoms with Gasteiger partial charge in [0.2, 0.25) is 11.8 Å². The zero-order valence-corrected chi connectivity index (χ0v) is 20.6. The van der Waals surface area contributed by atoms with Crippen molar-refractivity contribution in [3.8, 4) is 28.7 Å².